The first-order valence-corrected chi connectivity index (χ1v) is 11.0. The minimum Gasteiger partial charge on any atom is -0.493 e. The number of hydrogen-bond donors (Lipinski definition) is 0. The van der Waals surface area contributed by atoms with Crippen LogP contribution in [0.5, 0.6) is 11.5 Å². The maximum absolute atomic E-state index is 13.9. The predicted octanol–water partition coefficient (Wildman–Crippen LogP) is 4.06. The van der Waals surface area contributed by atoms with E-state index in [-0.39, 0.29) is 34.3 Å². The number of carbonyl (C=O) groups is 1. The molecular weight excluding hydrogens is 429 g/mol. The van der Waals surface area contributed by atoms with Crippen molar-refractivity contribution in [1.82, 2.24) is 4.90 Å². The highest BCUT2D eigenvalue weighted by molar-refractivity contribution is 5.99. The second-order valence-corrected chi connectivity index (χ2v) is 8.15. The van der Waals surface area contributed by atoms with Crippen molar-refractivity contribution in [2.24, 2.45) is 0 Å². The number of carbonyl (C=O) groups excluding carboxylic acids is 1. The van der Waals surface area contributed by atoms with E-state index in [1.807, 2.05) is 6.92 Å². The summed E-state index contributed by atoms with van der Waals surface area (Å²) in [6, 6.07) is 8.32. The van der Waals surface area contributed by atoms with Gasteiger partial charge in [0.25, 0.3) is 5.91 Å². The number of methoxy groups -OCH3 is 1. The van der Waals surface area contributed by atoms with Gasteiger partial charge in [-0.15, -0.1) is 0 Å². The van der Waals surface area contributed by atoms with Gasteiger partial charge in [-0.05, 0) is 55.7 Å². The first kappa shape index (κ1) is 21.5. The molecule has 2 aliphatic rings. The van der Waals surface area contributed by atoms with E-state index in [1.54, 1.807) is 23.1 Å². The number of amides is 1. The summed E-state index contributed by atoms with van der Waals surface area (Å²) in [5.74, 6) is 0.0985. The van der Waals surface area contributed by atoms with E-state index in [9.17, 15) is 14.0 Å². The van der Waals surface area contributed by atoms with Gasteiger partial charge in [0.1, 0.15) is 11.4 Å². The van der Waals surface area contributed by atoms with Crippen LogP contribution in [-0.4, -0.2) is 43.8 Å². The Balaban J connectivity index is 1.69. The van der Waals surface area contributed by atoms with E-state index in [4.69, 9.17) is 18.6 Å². The van der Waals surface area contributed by atoms with Crippen LogP contribution in [0.3, 0.4) is 0 Å². The summed E-state index contributed by atoms with van der Waals surface area (Å²) in [6.07, 6.45) is 1.62. The van der Waals surface area contributed by atoms with Gasteiger partial charge in [-0.3, -0.25) is 9.59 Å². The fraction of sp³-hybridized carbons (Fsp3) is 0.360. The zero-order valence-corrected chi connectivity index (χ0v) is 18.4. The van der Waals surface area contributed by atoms with E-state index in [1.165, 1.54) is 19.2 Å². The lowest BCUT2D eigenvalue weighted by Gasteiger charge is -2.28. The molecule has 0 bridgehead atoms. The summed E-state index contributed by atoms with van der Waals surface area (Å²) in [5, 5.41) is 0.100. The van der Waals surface area contributed by atoms with Crippen molar-refractivity contribution in [3.8, 4) is 11.5 Å². The normalized spacial score (nSPS) is 19.8. The Bertz CT molecular complexity index is 1280. The largest absolute Gasteiger partial charge is 0.493 e. The number of rotatable bonds is 6. The molecule has 2 atom stereocenters. The maximum atomic E-state index is 13.9. The molecule has 0 unspecified atom stereocenters. The molecule has 1 saturated heterocycles. The highest BCUT2D eigenvalue weighted by atomic mass is 19.1. The second-order valence-electron chi connectivity index (χ2n) is 8.15. The molecule has 2 aliphatic heterocycles. The van der Waals surface area contributed by atoms with Crippen LogP contribution in [0.4, 0.5) is 4.39 Å². The van der Waals surface area contributed by atoms with Crippen LogP contribution in [0.15, 0.2) is 45.6 Å². The van der Waals surface area contributed by atoms with Gasteiger partial charge < -0.3 is 23.5 Å². The zero-order valence-electron chi connectivity index (χ0n) is 18.4. The van der Waals surface area contributed by atoms with Crippen molar-refractivity contribution >= 4 is 16.9 Å². The molecule has 8 heteroatoms. The minimum absolute atomic E-state index is 0.0186. The highest BCUT2D eigenvalue weighted by Gasteiger charge is 2.44. The van der Waals surface area contributed by atoms with Gasteiger partial charge in [0, 0.05) is 13.2 Å². The second kappa shape index (κ2) is 8.51. The van der Waals surface area contributed by atoms with Crippen molar-refractivity contribution in [1.29, 1.82) is 0 Å². The van der Waals surface area contributed by atoms with Gasteiger partial charge in [0.05, 0.1) is 36.8 Å². The van der Waals surface area contributed by atoms with Gasteiger partial charge in [-0.25, -0.2) is 4.39 Å². The van der Waals surface area contributed by atoms with Gasteiger partial charge in [0.15, 0.2) is 16.9 Å². The monoisotopic (exact) mass is 453 g/mol. The molecular formula is C25H24FNO6. The molecule has 0 saturated carbocycles. The molecule has 1 amide bonds. The van der Waals surface area contributed by atoms with E-state index in [0.29, 0.717) is 36.8 Å². The SMILES string of the molecule is CCOc1ccc([C@@H]2c3c(oc4ccc(F)cc4c3=O)C(=O)N2C[C@H]2CCCO2)cc1OC. The molecule has 5 rings (SSSR count). The molecule has 0 N–H and O–H groups in total. The quantitative estimate of drug-likeness (QED) is 0.560. The molecule has 2 aromatic carbocycles. The topological polar surface area (TPSA) is 78.2 Å². The highest BCUT2D eigenvalue weighted by Crippen LogP contribution is 2.41. The summed E-state index contributed by atoms with van der Waals surface area (Å²) in [4.78, 5) is 28.6. The number of fused-ring (bicyclic) bond motifs is 2. The Morgan fingerprint density at radius 1 is 1.15 bits per heavy atom. The number of hydrogen-bond acceptors (Lipinski definition) is 6. The van der Waals surface area contributed by atoms with Crippen LogP contribution >= 0.6 is 0 Å². The van der Waals surface area contributed by atoms with E-state index < -0.39 is 17.3 Å². The Morgan fingerprint density at radius 3 is 2.73 bits per heavy atom. The molecule has 0 aliphatic carbocycles. The average molecular weight is 453 g/mol. The van der Waals surface area contributed by atoms with Gasteiger partial charge in [-0.2, -0.15) is 0 Å². The number of halogens is 1. The number of benzene rings is 2. The molecule has 7 nitrogen and oxygen atoms in total. The first-order valence-electron chi connectivity index (χ1n) is 11.0. The summed E-state index contributed by atoms with van der Waals surface area (Å²) >= 11 is 0. The molecule has 0 spiro atoms. The third-order valence-corrected chi connectivity index (χ3v) is 6.16. The van der Waals surface area contributed by atoms with Crippen LogP contribution < -0.4 is 14.9 Å². The van der Waals surface area contributed by atoms with Crippen LogP contribution in [0.1, 0.15) is 47.5 Å². The van der Waals surface area contributed by atoms with Crippen molar-refractivity contribution in [3.63, 3.8) is 0 Å². The van der Waals surface area contributed by atoms with Crippen LogP contribution in [0.25, 0.3) is 11.0 Å². The zero-order chi connectivity index (χ0) is 23.1. The van der Waals surface area contributed by atoms with E-state index in [2.05, 4.69) is 0 Å². The fourth-order valence-corrected chi connectivity index (χ4v) is 4.66. The van der Waals surface area contributed by atoms with Crippen molar-refractivity contribution in [3.05, 3.63) is 69.3 Å². The van der Waals surface area contributed by atoms with E-state index >= 15 is 0 Å². The summed E-state index contributed by atoms with van der Waals surface area (Å²) in [7, 11) is 1.53. The number of ether oxygens (including phenoxy) is 3. The lowest BCUT2D eigenvalue weighted by Crippen LogP contribution is -2.36. The van der Waals surface area contributed by atoms with Crippen LogP contribution in [-0.2, 0) is 4.74 Å². The summed E-state index contributed by atoms with van der Waals surface area (Å²) in [6.45, 7) is 3.29. The van der Waals surface area contributed by atoms with E-state index in [0.717, 1.165) is 18.9 Å². The number of nitrogens with zero attached hydrogens (tertiary/aromatic N) is 1. The smallest absolute Gasteiger partial charge is 0.291 e. The van der Waals surface area contributed by atoms with Gasteiger partial charge in [0.2, 0.25) is 5.76 Å². The Morgan fingerprint density at radius 2 is 2.00 bits per heavy atom. The van der Waals surface area contributed by atoms with Crippen LogP contribution in [0.2, 0.25) is 0 Å². The Hall–Kier alpha value is -3.39. The molecule has 1 fully saturated rings. The van der Waals surface area contributed by atoms with Gasteiger partial charge >= 0.3 is 0 Å². The van der Waals surface area contributed by atoms with Crippen molar-refractivity contribution in [2.75, 3.05) is 26.9 Å². The molecule has 3 heterocycles. The minimum atomic E-state index is -0.717. The van der Waals surface area contributed by atoms with Gasteiger partial charge in [-0.1, -0.05) is 6.07 Å². The molecule has 33 heavy (non-hydrogen) atoms. The summed E-state index contributed by atoms with van der Waals surface area (Å²) in [5.41, 5.74) is 0.619. The van der Waals surface area contributed by atoms with Crippen LogP contribution in [0, 0.1) is 5.82 Å². The summed E-state index contributed by atoms with van der Waals surface area (Å²) < 4.78 is 36.7. The Labute approximate surface area is 189 Å². The standard InChI is InChI=1S/C25H24FNO6/c1-3-31-19-8-6-14(11-20(19)30-2)22-21-23(28)17-12-15(26)7-9-18(17)33-24(21)25(29)27(22)13-16-5-4-10-32-16/h6-9,11-12,16,22H,3-5,10,13H2,1-2H3/t16-,22-/m1/s1. The average Bonchev–Trinajstić information content (AvgIpc) is 3.42. The molecule has 1 aromatic heterocycles. The lowest BCUT2D eigenvalue weighted by atomic mass is 9.97. The molecule has 3 aromatic rings. The third-order valence-electron chi connectivity index (χ3n) is 6.16. The third kappa shape index (κ3) is 3.64. The fourth-order valence-electron chi connectivity index (χ4n) is 4.66. The lowest BCUT2D eigenvalue weighted by molar-refractivity contribution is 0.0486. The predicted molar refractivity (Wildman–Crippen MR) is 118 cm³/mol. The van der Waals surface area contributed by atoms with Crippen molar-refractivity contribution in [2.45, 2.75) is 31.9 Å². The molecule has 172 valence electrons. The van der Waals surface area contributed by atoms with Crippen molar-refractivity contribution < 1.29 is 27.8 Å². The first-order chi connectivity index (χ1) is 16.0. The molecule has 0 radical (unpaired) electrons. The Kier molecular flexibility index (Phi) is 5.54. The maximum Gasteiger partial charge on any atom is 0.291 e.